The average Bonchev–Trinajstić information content (AvgIpc) is 2.64. The van der Waals surface area contributed by atoms with Crippen LogP contribution < -0.4 is 69.3 Å². The minimum Gasteiger partial charge on any atom is -0.548 e. The average molecular weight is 426 g/mol. The molecule has 0 radical (unpaired) electrons. The summed E-state index contributed by atoms with van der Waals surface area (Å²) in [5, 5.41) is 21.9. The second kappa shape index (κ2) is 8.58. The first-order valence-electron chi connectivity index (χ1n) is 7.94. The van der Waals surface area contributed by atoms with Gasteiger partial charge >= 0.3 is 59.1 Å². The molecule has 0 unspecified atom stereocenters. The maximum absolute atomic E-state index is 12.6. The van der Waals surface area contributed by atoms with E-state index >= 15 is 0 Å². The Balaban J connectivity index is 0.00000160. The molecule has 2 aromatic rings. The number of aliphatic carboxylic acids is 2. The number of hydrogen-bond donors (Lipinski definition) is 0. The smallest absolute Gasteiger partial charge is 0.548 e. The van der Waals surface area contributed by atoms with E-state index in [0.29, 0.717) is 9.80 Å². The van der Waals surface area contributed by atoms with Gasteiger partial charge in [-0.25, -0.2) is 0 Å². The SMILES string of the molecule is O=C([O-])CN1C(=O)c2ccc3c4c(ccc(c24)C1=O)C(=O)N(CC(=O)[O-])C3=O.[Na+].[Na+]. The molecule has 2 heterocycles. The van der Waals surface area contributed by atoms with Gasteiger partial charge in [-0.3, -0.25) is 29.0 Å². The maximum Gasteiger partial charge on any atom is 1.00 e. The first-order valence-corrected chi connectivity index (χ1v) is 7.94. The van der Waals surface area contributed by atoms with E-state index in [1.54, 1.807) is 0 Å². The fourth-order valence-corrected chi connectivity index (χ4v) is 3.52. The summed E-state index contributed by atoms with van der Waals surface area (Å²) in [5.74, 6) is -6.85. The number of rotatable bonds is 4. The van der Waals surface area contributed by atoms with Crippen molar-refractivity contribution < 1.29 is 98.1 Å². The van der Waals surface area contributed by atoms with Gasteiger partial charge in [0.1, 0.15) is 0 Å². The van der Waals surface area contributed by atoms with Crippen molar-refractivity contribution in [2.24, 2.45) is 0 Å². The standard InChI is InChI=1S/C18H10N2O8.2Na/c21-11(22)5-19-15(25)7-1-2-8-14-10(4-3-9(13(7)14)17(19)27)18(28)20(16(8)26)6-12(23)24;;/h1-4H,5-6H2,(H,21,22)(H,23,24);;/q;2*+1/p-2. The zero-order valence-corrected chi connectivity index (χ0v) is 19.9. The number of carbonyl (C=O) groups is 6. The van der Waals surface area contributed by atoms with Gasteiger partial charge in [0.2, 0.25) is 0 Å². The van der Waals surface area contributed by atoms with Crippen molar-refractivity contribution in [1.82, 2.24) is 9.80 Å². The first kappa shape index (κ1) is 24.2. The molecule has 2 aliphatic rings. The summed E-state index contributed by atoms with van der Waals surface area (Å²) in [6.45, 7) is -1.89. The van der Waals surface area contributed by atoms with Crippen molar-refractivity contribution in [3.05, 3.63) is 46.5 Å². The van der Waals surface area contributed by atoms with E-state index in [1.165, 1.54) is 24.3 Å². The molecule has 2 aliphatic heterocycles. The van der Waals surface area contributed by atoms with Crippen molar-refractivity contribution in [3.63, 3.8) is 0 Å². The van der Waals surface area contributed by atoms with E-state index in [1.807, 2.05) is 0 Å². The molecule has 2 aromatic carbocycles. The van der Waals surface area contributed by atoms with Crippen LogP contribution >= 0.6 is 0 Å². The third kappa shape index (κ3) is 3.49. The van der Waals surface area contributed by atoms with Crippen molar-refractivity contribution >= 4 is 46.3 Å². The Hall–Kier alpha value is -2.08. The number of imide groups is 2. The predicted molar refractivity (Wildman–Crippen MR) is 84.7 cm³/mol. The Bertz CT molecular complexity index is 1020. The summed E-state index contributed by atoms with van der Waals surface area (Å²) in [5.41, 5.74) is -0.202. The molecule has 0 fully saturated rings. The normalized spacial score (nSPS) is 14.4. The Morgan fingerprint density at radius 1 is 0.600 bits per heavy atom. The van der Waals surface area contributed by atoms with Gasteiger partial charge in [0, 0.05) is 33.0 Å². The number of carbonyl (C=O) groups excluding carboxylic acids is 6. The minimum absolute atomic E-state index is 0. The largest absolute Gasteiger partial charge is 1.00 e. The predicted octanol–water partition coefficient (Wildman–Crippen LogP) is -8.46. The van der Waals surface area contributed by atoms with E-state index in [-0.39, 0.29) is 92.1 Å². The van der Waals surface area contributed by atoms with Gasteiger partial charge in [0.15, 0.2) is 0 Å². The Morgan fingerprint density at radius 3 is 1.03 bits per heavy atom. The monoisotopic (exact) mass is 426 g/mol. The van der Waals surface area contributed by atoms with E-state index in [2.05, 4.69) is 0 Å². The van der Waals surface area contributed by atoms with Crippen molar-refractivity contribution in [2.75, 3.05) is 13.1 Å². The maximum atomic E-state index is 12.6. The summed E-state index contributed by atoms with van der Waals surface area (Å²) in [6, 6.07) is 4.92. The number of nitrogens with zero attached hydrogens (tertiary/aromatic N) is 2. The minimum atomic E-state index is -1.63. The molecule has 0 saturated heterocycles. The van der Waals surface area contributed by atoms with Gasteiger partial charge in [-0.15, -0.1) is 0 Å². The molecule has 140 valence electrons. The molecule has 0 aromatic heterocycles. The number of benzene rings is 2. The Morgan fingerprint density at radius 2 is 0.833 bits per heavy atom. The fourth-order valence-electron chi connectivity index (χ4n) is 3.52. The zero-order valence-electron chi connectivity index (χ0n) is 15.9. The van der Waals surface area contributed by atoms with Crippen LogP contribution in [0.15, 0.2) is 24.3 Å². The second-order valence-electron chi connectivity index (χ2n) is 6.21. The van der Waals surface area contributed by atoms with Crippen molar-refractivity contribution in [1.29, 1.82) is 0 Å². The number of amides is 4. The van der Waals surface area contributed by atoms with Gasteiger partial charge in [0.25, 0.3) is 23.6 Å². The van der Waals surface area contributed by atoms with Crippen LogP contribution in [0, 0.1) is 0 Å². The quantitative estimate of drug-likeness (QED) is 0.345. The Labute approximate surface area is 212 Å². The third-order valence-corrected chi connectivity index (χ3v) is 4.64. The molecule has 0 N–H and O–H groups in total. The third-order valence-electron chi connectivity index (χ3n) is 4.64. The van der Waals surface area contributed by atoms with Crippen LogP contribution in [0.5, 0.6) is 0 Å². The molecule has 4 rings (SSSR count). The molecule has 0 aliphatic carbocycles. The number of carboxylic acids is 2. The van der Waals surface area contributed by atoms with Crippen LogP contribution in [0.25, 0.3) is 10.8 Å². The van der Waals surface area contributed by atoms with Gasteiger partial charge < -0.3 is 19.8 Å². The van der Waals surface area contributed by atoms with E-state index in [4.69, 9.17) is 0 Å². The van der Waals surface area contributed by atoms with Crippen LogP contribution in [-0.4, -0.2) is 58.5 Å². The first-order chi connectivity index (χ1) is 13.2. The fraction of sp³-hybridized carbons (Fsp3) is 0.111. The summed E-state index contributed by atoms with van der Waals surface area (Å²) in [6.07, 6.45) is 0. The second-order valence-corrected chi connectivity index (χ2v) is 6.21. The molecular formula is C18H8N2Na2O8. The van der Waals surface area contributed by atoms with Crippen LogP contribution in [0.1, 0.15) is 41.4 Å². The molecule has 0 spiro atoms. The molecule has 4 amide bonds. The van der Waals surface area contributed by atoms with Gasteiger partial charge in [-0.2, -0.15) is 0 Å². The summed E-state index contributed by atoms with van der Waals surface area (Å²) in [7, 11) is 0. The topological polar surface area (TPSA) is 155 Å². The molecule has 10 nitrogen and oxygen atoms in total. The molecule has 0 saturated carbocycles. The van der Waals surface area contributed by atoms with E-state index < -0.39 is 48.7 Å². The molecule has 0 bridgehead atoms. The molecule has 30 heavy (non-hydrogen) atoms. The van der Waals surface area contributed by atoms with E-state index in [9.17, 15) is 39.0 Å². The molecule has 12 heteroatoms. The molecule has 0 atom stereocenters. The van der Waals surface area contributed by atoms with Crippen LogP contribution in [0.4, 0.5) is 0 Å². The van der Waals surface area contributed by atoms with Gasteiger partial charge in [-0.05, 0) is 24.3 Å². The summed E-state index contributed by atoms with van der Waals surface area (Å²) in [4.78, 5) is 73.2. The number of hydrogen-bond acceptors (Lipinski definition) is 8. The summed E-state index contributed by atoms with van der Waals surface area (Å²) < 4.78 is 0. The van der Waals surface area contributed by atoms with E-state index in [0.717, 1.165) is 0 Å². The number of carboxylic acid groups (broad SMARTS) is 2. The van der Waals surface area contributed by atoms with Crippen molar-refractivity contribution in [3.8, 4) is 0 Å². The van der Waals surface area contributed by atoms with Crippen LogP contribution in [0.2, 0.25) is 0 Å². The van der Waals surface area contributed by atoms with Crippen molar-refractivity contribution in [2.45, 2.75) is 0 Å². The zero-order chi connectivity index (χ0) is 20.3. The van der Waals surface area contributed by atoms with Crippen LogP contribution in [-0.2, 0) is 9.59 Å². The van der Waals surface area contributed by atoms with Crippen LogP contribution in [0.3, 0.4) is 0 Å². The van der Waals surface area contributed by atoms with Gasteiger partial charge in [0.05, 0.1) is 25.0 Å². The summed E-state index contributed by atoms with van der Waals surface area (Å²) >= 11 is 0. The van der Waals surface area contributed by atoms with Gasteiger partial charge in [-0.1, -0.05) is 0 Å². The Kier molecular flexibility index (Phi) is 6.92. The molecular weight excluding hydrogens is 418 g/mol.